The average Bonchev–Trinajstić information content (AvgIpc) is 2.52. The van der Waals surface area contributed by atoms with Crippen molar-refractivity contribution in [3.63, 3.8) is 0 Å². The van der Waals surface area contributed by atoms with Gasteiger partial charge in [-0.3, -0.25) is 0 Å². The first-order valence-corrected chi connectivity index (χ1v) is 5.78. The van der Waals surface area contributed by atoms with Crippen molar-refractivity contribution in [3.05, 3.63) is 12.2 Å². The average molecular weight is 215 g/mol. The van der Waals surface area contributed by atoms with Crippen molar-refractivity contribution in [3.8, 4) is 0 Å². The van der Waals surface area contributed by atoms with Crippen LogP contribution in [0.2, 0.25) is 0 Å². The van der Waals surface area contributed by atoms with Gasteiger partial charge in [-0.15, -0.1) is 0 Å². The third-order valence-corrected chi connectivity index (χ3v) is 3.98. The lowest BCUT2D eigenvalue weighted by molar-refractivity contribution is -0.132. The maximum Gasteiger partial charge on any atom is 0.332 e. The largest absolute Gasteiger partial charge is 0.478 e. The van der Waals surface area contributed by atoms with Gasteiger partial charge in [0.2, 0.25) is 0 Å². The number of carbonyl (C=O) groups is 1. The number of carboxylic acids is 1. The van der Waals surface area contributed by atoms with Crippen molar-refractivity contribution >= 4 is 17.7 Å². The van der Waals surface area contributed by atoms with Crippen LogP contribution in [0.15, 0.2) is 12.2 Å². The normalized spacial score (nSPS) is 26.4. The lowest BCUT2D eigenvalue weighted by atomic mass is 10.1. The summed E-state index contributed by atoms with van der Waals surface area (Å²) in [6, 6.07) is 0. The molecule has 0 bridgehead atoms. The first-order chi connectivity index (χ1) is 6.53. The molecule has 0 amide bonds. The second-order valence-corrected chi connectivity index (χ2v) is 5.60. The molecule has 1 saturated heterocycles. The Morgan fingerprint density at radius 2 is 2.43 bits per heavy atom. The Kier molecular flexibility index (Phi) is 4.01. The fraction of sp³-hybridized carbons (Fsp3) is 0.700. The molecule has 1 rings (SSSR count). The first kappa shape index (κ1) is 11.6. The zero-order chi connectivity index (χ0) is 10.6. The minimum Gasteiger partial charge on any atom is -0.478 e. The second kappa shape index (κ2) is 4.84. The fourth-order valence-electron chi connectivity index (χ4n) is 1.53. The highest BCUT2D eigenvalue weighted by Crippen LogP contribution is 2.36. The van der Waals surface area contributed by atoms with Gasteiger partial charge in [0.25, 0.3) is 0 Å². The Hall–Kier alpha value is -0.480. The molecule has 0 aromatic heterocycles. The number of aliphatic carboxylic acids is 1. The number of rotatable bonds is 5. The molecule has 4 heteroatoms. The third kappa shape index (κ3) is 3.35. The number of thioether (sulfide) groups is 1. The van der Waals surface area contributed by atoms with E-state index in [9.17, 15) is 4.79 Å². The van der Waals surface area contributed by atoms with E-state index in [4.69, 9.17) is 5.11 Å². The minimum absolute atomic E-state index is 0.233. The molecule has 1 atom stereocenters. The number of carboxylic acid groups (broad SMARTS) is 1. The molecule has 14 heavy (non-hydrogen) atoms. The molecule has 3 nitrogen and oxygen atoms in total. The van der Waals surface area contributed by atoms with Gasteiger partial charge in [-0.25, -0.2) is 4.79 Å². The van der Waals surface area contributed by atoms with Crippen LogP contribution in [0.5, 0.6) is 0 Å². The Morgan fingerprint density at radius 1 is 1.71 bits per heavy atom. The van der Waals surface area contributed by atoms with Gasteiger partial charge in [0.15, 0.2) is 0 Å². The van der Waals surface area contributed by atoms with E-state index in [1.807, 2.05) is 11.8 Å². The summed E-state index contributed by atoms with van der Waals surface area (Å²) in [7, 11) is 0. The van der Waals surface area contributed by atoms with Crippen LogP contribution < -0.4 is 5.32 Å². The van der Waals surface area contributed by atoms with Gasteiger partial charge >= 0.3 is 5.97 Å². The van der Waals surface area contributed by atoms with Crippen molar-refractivity contribution in [2.24, 2.45) is 0 Å². The van der Waals surface area contributed by atoms with Crippen LogP contribution >= 0.6 is 11.8 Å². The lowest BCUT2D eigenvalue weighted by Crippen LogP contribution is -2.34. The maximum atomic E-state index is 10.5. The molecule has 1 aliphatic rings. The van der Waals surface area contributed by atoms with Crippen LogP contribution in [0.25, 0.3) is 0 Å². The van der Waals surface area contributed by atoms with Crippen molar-refractivity contribution in [1.29, 1.82) is 0 Å². The van der Waals surface area contributed by atoms with Crippen LogP contribution in [-0.2, 0) is 4.79 Å². The van der Waals surface area contributed by atoms with Gasteiger partial charge in [-0.1, -0.05) is 6.58 Å². The van der Waals surface area contributed by atoms with E-state index in [1.165, 1.54) is 18.6 Å². The van der Waals surface area contributed by atoms with Crippen molar-refractivity contribution in [2.75, 3.05) is 18.8 Å². The Balaban J connectivity index is 2.20. The quantitative estimate of drug-likeness (QED) is 0.682. The van der Waals surface area contributed by atoms with E-state index in [0.717, 1.165) is 6.54 Å². The van der Waals surface area contributed by atoms with Gasteiger partial charge in [-0.2, -0.15) is 11.8 Å². The molecule has 80 valence electrons. The Labute approximate surface area is 89.0 Å². The minimum atomic E-state index is -0.915. The molecule has 2 N–H and O–H groups in total. The van der Waals surface area contributed by atoms with Crippen LogP contribution in [0, 0.1) is 0 Å². The summed E-state index contributed by atoms with van der Waals surface area (Å²) >= 11 is 1.97. The van der Waals surface area contributed by atoms with Gasteiger partial charge in [-0.05, 0) is 25.5 Å². The van der Waals surface area contributed by atoms with E-state index < -0.39 is 5.97 Å². The summed E-state index contributed by atoms with van der Waals surface area (Å²) in [5, 5.41) is 11.7. The molecular formula is C10H17NO2S. The molecule has 0 aromatic rings. The SMILES string of the molecule is C=C(CNCC1(C)CCCS1)C(=O)O. The van der Waals surface area contributed by atoms with E-state index in [-0.39, 0.29) is 5.57 Å². The number of hydrogen-bond donors (Lipinski definition) is 2. The molecule has 0 radical (unpaired) electrons. The highest BCUT2D eigenvalue weighted by molar-refractivity contribution is 8.00. The predicted molar refractivity (Wildman–Crippen MR) is 59.7 cm³/mol. The van der Waals surface area contributed by atoms with E-state index in [0.29, 0.717) is 11.3 Å². The van der Waals surface area contributed by atoms with Gasteiger partial charge < -0.3 is 10.4 Å². The van der Waals surface area contributed by atoms with Crippen molar-refractivity contribution < 1.29 is 9.90 Å². The summed E-state index contributed by atoms with van der Waals surface area (Å²) in [5.74, 6) is 0.305. The van der Waals surface area contributed by atoms with Crippen LogP contribution in [0.1, 0.15) is 19.8 Å². The third-order valence-electron chi connectivity index (χ3n) is 2.44. The van der Waals surface area contributed by atoms with Crippen LogP contribution in [0.4, 0.5) is 0 Å². The summed E-state index contributed by atoms with van der Waals surface area (Å²) in [4.78, 5) is 10.5. The van der Waals surface area contributed by atoms with Gasteiger partial charge in [0.05, 0.1) is 0 Å². The summed E-state index contributed by atoms with van der Waals surface area (Å²) < 4.78 is 0.290. The molecule has 1 aliphatic heterocycles. The van der Waals surface area contributed by atoms with E-state index in [2.05, 4.69) is 18.8 Å². The Bertz CT molecular complexity index is 234. The molecule has 1 heterocycles. The van der Waals surface area contributed by atoms with Crippen LogP contribution in [0.3, 0.4) is 0 Å². The maximum absolute atomic E-state index is 10.5. The molecule has 1 fully saturated rings. The van der Waals surface area contributed by atoms with Crippen molar-refractivity contribution in [1.82, 2.24) is 5.32 Å². The molecule has 0 aromatic carbocycles. The fourth-order valence-corrected chi connectivity index (χ4v) is 2.80. The summed E-state index contributed by atoms with van der Waals surface area (Å²) in [5.41, 5.74) is 0.233. The van der Waals surface area contributed by atoms with E-state index >= 15 is 0 Å². The summed E-state index contributed by atoms with van der Waals surface area (Å²) in [6.07, 6.45) is 2.48. The highest BCUT2D eigenvalue weighted by Gasteiger charge is 2.28. The lowest BCUT2D eigenvalue weighted by Gasteiger charge is -2.22. The topological polar surface area (TPSA) is 49.3 Å². The zero-order valence-electron chi connectivity index (χ0n) is 8.51. The summed E-state index contributed by atoms with van der Waals surface area (Å²) in [6.45, 7) is 6.94. The Morgan fingerprint density at radius 3 is 2.93 bits per heavy atom. The van der Waals surface area contributed by atoms with Gasteiger partial charge in [0, 0.05) is 23.4 Å². The van der Waals surface area contributed by atoms with Gasteiger partial charge in [0.1, 0.15) is 0 Å². The van der Waals surface area contributed by atoms with Crippen LogP contribution in [-0.4, -0.2) is 34.7 Å². The molecule has 1 unspecified atom stereocenters. The van der Waals surface area contributed by atoms with E-state index in [1.54, 1.807) is 0 Å². The number of nitrogens with one attached hydrogen (secondary N) is 1. The predicted octanol–water partition coefficient (Wildman–Crippen LogP) is 1.50. The highest BCUT2D eigenvalue weighted by atomic mass is 32.2. The first-order valence-electron chi connectivity index (χ1n) is 4.79. The number of hydrogen-bond acceptors (Lipinski definition) is 3. The zero-order valence-corrected chi connectivity index (χ0v) is 9.32. The molecule has 0 aliphatic carbocycles. The van der Waals surface area contributed by atoms with Crippen molar-refractivity contribution in [2.45, 2.75) is 24.5 Å². The molecular weight excluding hydrogens is 198 g/mol. The second-order valence-electron chi connectivity index (χ2n) is 3.91. The smallest absolute Gasteiger partial charge is 0.332 e. The molecule has 0 spiro atoms. The monoisotopic (exact) mass is 215 g/mol. The standard InChI is InChI=1S/C10H17NO2S/c1-8(9(12)13)6-11-7-10(2)4-3-5-14-10/h11H,1,3-7H2,2H3,(H,12,13). The molecule has 0 saturated carbocycles.